The summed E-state index contributed by atoms with van der Waals surface area (Å²) in [5, 5.41) is 0. The number of carbonyl (C=O) groups is 3. The van der Waals surface area contributed by atoms with Crippen molar-refractivity contribution >= 4 is 24.2 Å². The van der Waals surface area contributed by atoms with Crippen LogP contribution in [0.5, 0.6) is 0 Å². The lowest BCUT2D eigenvalue weighted by Crippen LogP contribution is -2.65. The molecule has 1 saturated heterocycles. The zero-order chi connectivity index (χ0) is 38.3. The number of hydrogen-bond donors (Lipinski definition) is 0. The predicted octanol–water partition coefficient (Wildman–Crippen LogP) is 7.89. The molecule has 0 aromatic rings. The van der Waals surface area contributed by atoms with Crippen LogP contribution in [0.2, 0.25) is 0 Å². The Morgan fingerprint density at radius 1 is 0.906 bits per heavy atom. The van der Waals surface area contributed by atoms with Crippen LogP contribution < -0.4 is 0 Å². The molecule has 6 aliphatic rings. The quantitative estimate of drug-likeness (QED) is 0.0861. The van der Waals surface area contributed by atoms with Crippen molar-refractivity contribution < 1.29 is 42.6 Å². The smallest absolute Gasteiger partial charge is 0.303 e. The molecule has 53 heavy (non-hydrogen) atoms. The summed E-state index contributed by atoms with van der Waals surface area (Å²) >= 11 is 0. The number of quaternary nitrogens is 1. The van der Waals surface area contributed by atoms with Gasteiger partial charge in [-0.2, -0.15) is 0 Å². The van der Waals surface area contributed by atoms with Gasteiger partial charge in [0.2, 0.25) is 0 Å². The standard InChI is InChI=1S/C43H67N2O8/c1-26(2)11-10-12-27(3)34-15-16-35-33-14-13-31-23-32(17-19-42(31,7)36(33)18-20-43(34,35)8)52-41-40(51-30(6)48)39(50-29(5)47)38(49-28(4)46)37(53-41)24-45(9)22-21-44-25-45/h13,21-22,25-27,32-41H,10-12,14-20,23-24H2,1-9H3/q+1/t27-,32+,33+,34-,35+,36+,37-,38-,39+,40-,41-,42+,43-,45?/m1/s1. The van der Waals surface area contributed by atoms with Crippen LogP contribution in [0, 0.1) is 46.3 Å². The Balaban J connectivity index is 1.19. The molecule has 2 heterocycles. The minimum atomic E-state index is -1.12. The van der Waals surface area contributed by atoms with Gasteiger partial charge in [0.1, 0.15) is 12.7 Å². The Bertz CT molecular complexity index is 1440. The van der Waals surface area contributed by atoms with Crippen LogP contribution in [0.4, 0.5) is 0 Å². The van der Waals surface area contributed by atoms with E-state index in [0.29, 0.717) is 17.9 Å². The van der Waals surface area contributed by atoms with Gasteiger partial charge in [-0.1, -0.05) is 65.5 Å². The zero-order valence-electron chi connectivity index (χ0n) is 33.9. The monoisotopic (exact) mass is 739 g/mol. The van der Waals surface area contributed by atoms with Crippen molar-refractivity contribution in [1.82, 2.24) is 0 Å². The van der Waals surface area contributed by atoms with Crippen LogP contribution in [0.1, 0.15) is 126 Å². The topological polar surface area (TPSA) is 110 Å². The molecule has 14 atom stereocenters. The van der Waals surface area contributed by atoms with Crippen LogP contribution >= 0.6 is 0 Å². The van der Waals surface area contributed by atoms with Gasteiger partial charge in [0, 0.05) is 20.8 Å². The number of likely N-dealkylation sites (N-methyl/N-ethyl adjacent to an activating group) is 1. The molecule has 0 spiro atoms. The van der Waals surface area contributed by atoms with Crippen LogP contribution in [0.3, 0.4) is 0 Å². The molecule has 2 aliphatic heterocycles. The number of aliphatic imine (C=N–C) groups is 1. The number of allylic oxidation sites excluding steroid dienone is 1. The number of fused-ring (bicyclic) bond motifs is 5. The van der Waals surface area contributed by atoms with Gasteiger partial charge in [0.25, 0.3) is 0 Å². The third-order valence-electron chi connectivity index (χ3n) is 14.5. The van der Waals surface area contributed by atoms with Crippen molar-refractivity contribution in [3.05, 3.63) is 24.0 Å². The largest absolute Gasteiger partial charge is 0.455 e. The maximum Gasteiger partial charge on any atom is 0.303 e. The van der Waals surface area contributed by atoms with Crippen LogP contribution in [-0.2, 0) is 38.1 Å². The van der Waals surface area contributed by atoms with Crippen molar-refractivity contribution in [3.8, 4) is 0 Å². The summed E-state index contributed by atoms with van der Waals surface area (Å²) in [6, 6.07) is 0. The first-order valence-electron chi connectivity index (χ1n) is 20.6. The molecule has 3 saturated carbocycles. The average molecular weight is 740 g/mol. The summed E-state index contributed by atoms with van der Waals surface area (Å²) < 4.78 is 31.1. The molecule has 4 aliphatic carbocycles. The average Bonchev–Trinajstić information content (AvgIpc) is 3.66. The number of ether oxygens (including phenoxy) is 5. The molecule has 6 rings (SSSR count). The first kappa shape index (κ1) is 40.1. The van der Waals surface area contributed by atoms with Crippen LogP contribution in [-0.4, -0.2) is 79.1 Å². The van der Waals surface area contributed by atoms with Crippen molar-refractivity contribution in [2.24, 2.45) is 51.3 Å². The summed E-state index contributed by atoms with van der Waals surface area (Å²) in [6.07, 6.45) is 15.9. The van der Waals surface area contributed by atoms with Crippen molar-refractivity contribution in [3.63, 3.8) is 0 Å². The summed E-state index contributed by atoms with van der Waals surface area (Å²) in [7, 11) is 1.95. The summed E-state index contributed by atoms with van der Waals surface area (Å²) in [5.74, 6) is 2.91. The lowest BCUT2D eigenvalue weighted by molar-refractivity contribution is -0.763. The number of hydrogen-bond acceptors (Lipinski definition) is 9. The summed E-state index contributed by atoms with van der Waals surface area (Å²) in [6.45, 7) is 16.6. The summed E-state index contributed by atoms with van der Waals surface area (Å²) in [4.78, 5) is 41.6. The van der Waals surface area contributed by atoms with E-state index >= 15 is 0 Å². The van der Waals surface area contributed by atoms with E-state index in [1.807, 2.05) is 13.2 Å². The van der Waals surface area contributed by atoms with Gasteiger partial charge >= 0.3 is 17.9 Å². The predicted molar refractivity (Wildman–Crippen MR) is 202 cm³/mol. The molecule has 10 nitrogen and oxygen atoms in total. The molecule has 10 heteroatoms. The fraction of sp³-hybridized carbons (Fsp3) is 0.814. The van der Waals surface area contributed by atoms with E-state index in [4.69, 9.17) is 23.7 Å². The van der Waals surface area contributed by atoms with E-state index in [1.54, 1.807) is 12.5 Å². The van der Waals surface area contributed by atoms with E-state index < -0.39 is 48.6 Å². The molecular weight excluding hydrogens is 672 g/mol. The highest BCUT2D eigenvalue weighted by Gasteiger charge is 2.60. The Labute approximate surface area is 318 Å². The number of nitrogens with zero attached hydrogens (tertiary/aromatic N) is 2. The van der Waals surface area contributed by atoms with Gasteiger partial charge in [-0.15, -0.1) is 0 Å². The SMILES string of the molecule is CC(=O)O[C@@H]1[C@@H](OC(C)=O)[C@H](O[C@H]2CC[C@@]3(C)C(=CC[C@H]4[C@@H]5CC[C@H]([C@H](C)CCCC(C)C)[C@@]5(C)CC[C@@H]43)C2)O[C@H](C[N+]2(C)C=CN=C2)[C@H]1OC(C)=O. The number of carbonyl (C=O) groups excluding carboxylic acids is 3. The second-order valence-electron chi connectivity index (χ2n) is 18.6. The Kier molecular flexibility index (Phi) is 12.0. The van der Waals surface area contributed by atoms with Crippen molar-refractivity contribution in [1.29, 1.82) is 0 Å². The van der Waals surface area contributed by atoms with E-state index in [9.17, 15) is 14.4 Å². The van der Waals surface area contributed by atoms with Gasteiger partial charge in [0.15, 0.2) is 37.0 Å². The van der Waals surface area contributed by atoms with Crippen LogP contribution in [0.15, 0.2) is 29.0 Å². The van der Waals surface area contributed by atoms with E-state index in [2.05, 4.69) is 45.7 Å². The van der Waals surface area contributed by atoms with Gasteiger partial charge in [-0.05, 0) is 97.7 Å². The lowest BCUT2D eigenvalue weighted by atomic mass is 9.47. The maximum absolute atomic E-state index is 12.5. The maximum atomic E-state index is 12.5. The summed E-state index contributed by atoms with van der Waals surface area (Å²) in [5.41, 5.74) is 2.06. The molecule has 1 unspecified atom stereocenters. The molecule has 0 radical (unpaired) electrons. The Morgan fingerprint density at radius 2 is 1.60 bits per heavy atom. The minimum Gasteiger partial charge on any atom is -0.455 e. The molecule has 0 amide bonds. The molecule has 4 fully saturated rings. The first-order chi connectivity index (χ1) is 25.0. The molecule has 0 aromatic carbocycles. The van der Waals surface area contributed by atoms with Gasteiger partial charge in [0.05, 0.1) is 19.4 Å². The normalized spacial score (nSPS) is 42.3. The van der Waals surface area contributed by atoms with E-state index in [0.717, 1.165) is 55.3 Å². The van der Waals surface area contributed by atoms with Crippen molar-refractivity contribution in [2.75, 3.05) is 13.6 Å². The molecular formula is C43H67N2O8+. The third kappa shape index (κ3) is 8.35. The molecule has 0 bridgehead atoms. The fourth-order valence-electron chi connectivity index (χ4n) is 12.0. The highest BCUT2D eigenvalue weighted by atomic mass is 16.7. The second-order valence-corrected chi connectivity index (χ2v) is 18.6. The molecule has 0 N–H and O–H groups in total. The zero-order valence-corrected chi connectivity index (χ0v) is 33.9. The highest BCUT2D eigenvalue weighted by Crippen LogP contribution is 2.67. The number of rotatable bonds is 12. The number of esters is 3. The molecule has 296 valence electrons. The van der Waals surface area contributed by atoms with Crippen LogP contribution in [0.25, 0.3) is 0 Å². The van der Waals surface area contributed by atoms with E-state index in [-0.39, 0.29) is 16.0 Å². The first-order valence-corrected chi connectivity index (χ1v) is 20.6. The lowest BCUT2D eigenvalue weighted by Gasteiger charge is -2.58. The fourth-order valence-corrected chi connectivity index (χ4v) is 12.0. The van der Waals surface area contributed by atoms with Gasteiger partial charge in [-0.25, -0.2) is 4.99 Å². The minimum absolute atomic E-state index is 0.136. The Hall–Kier alpha value is -2.56. The second kappa shape index (κ2) is 15.9. The van der Waals surface area contributed by atoms with Crippen molar-refractivity contribution in [2.45, 2.75) is 163 Å². The third-order valence-corrected chi connectivity index (χ3v) is 14.5. The van der Waals surface area contributed by atoms with Gasteiger partial charge < -0.3 is 23.7 Å². The highest BCUT2D eigenvalue weighted by molar-refractivity contribution is 5.68. The Morgan fingerprint density at radius 3 is 2.26 bits per heavy atom. The van der Waals surface area contributed by atoms with Gasteiger partial charge in [-0.3, -0.25) is 18.9 Å². The van der Waals surface area contributed by atoms with E-state index in [1.165, 1.54) is 71.3 Å². The molecule has 0 aromatic heterocycles.